The van der Waals surface area contributed by atoms with Crippen molar-refractivity contribution in [1.82, 2.24) is 5.32 Å². The van der Waals surface area contributed by atoms with Crippen molar-refractivity contribution < 1.29 is 15.0 Å². The molecule has 0 radical (unpaired) electrons. The van der Waals surface area contributed by atoms with E-state index in [0.717, 1.165) is 18.4 Å². The van der Waals surface area contributed by atoms with Crippen LogP contribution < -0.4 is 5.32 Å². The maximum Gasteiger partial charge on any atom is 0.176 e. The van der Waals surface area contributed by atoms with Gasteiger partial charge in [-0.25, -0.2) is 0 Å². The third-order valence-corrected chi connectivity index (χ3v) is 3.60. The van der Waals surface area contributed by atoms with E-state index in [0.29, 0.717) is 5.56 Å². The van der Waals surface area contributed by atoms with Crippen molar-refractivity contribution in [2.75, 3.05) is 6.54 Å². The van der Waals surface area contributed by atoms with Crippen molar-refractivity contribution in [3.8, 4) is 11.5 Å². The quantitative estimate of drug-likeness (QED) is 0.688. The first-order valence-corrected chi connectivity index (χ1v) is 7.38. The molecule has 0 saturated heterocycles. The van der Waals surface area contributed by atoms with Crippen LogP contribution in [0.3, 0.4) is 0 Å². The van der Waals surface area contributed by atoms with Gasteiger partial charge in [-0.15, -0.1) is 0 Å². The molecule has 4 nitrogen and oxygen atoms in total. The molecule has 0 aromatic heterocycles. The van der Waals surface area contributed by atoms with Gasteiger partial charge in [-0.2, -0.15) is 0 Å². The van der Waals surface area contributed by atoms with Gasteiger partial charge in [-0.05, 0) is 61.7 Å². The Kier molecular flexibility index (Phi) is 5.55. The fourth-order valence-electron chi connectivity index (χ4n) is 2.16. The Morgan fingerprint density at radius 1 is 1.00 bits per heavy atom. The zero-order valence-electron chi connectivity index (χ0n) is 12.6. The topological polar surface area (TPSA) is 69.6 Å². The van der Waals surface area contributed by atoms with Crippen molar-refractivity contribution in [1.29, 1.82) is 0 Å². The molecular formula is C18H21NO3. The highest BCUT2D eigenvalue weighted by atomic mass is 16.3. The molecule has 1 atom stereocenters. The van der Waals surface area contributed by atoms with Crippen molar-refractivity contribution >= 4 is 5.78 Å². The van der Waals surface area contributed by atoms with E-state index in [-0.39, 0.29) is 29.9 Å². The highest BCUT2D eigenvalue weighted by Gasteiger charge is 2.08. The monoisotopic (exact) mass is 299 g/mol. The third-order valence-electron chi connectivity index (χ3n) is 3.60. The number of Topliss-reactive ketones (excluding diaryl/α,β-unsaturated/α-hetero) is 1. The van der Waals surface area contributed by atoms with E-state index in [1.165, 1.54) is 12.1 Å². The summed E-state index contributed by atoms with van der Waals surface area (Å²) in [5, 5.41) is 21.7. The predicted octanol–water partition coefficient (Wildman–Crippen LogP) is 2.89. The number of phenols is 2. The molecule has 2 aromatic rings. The first-order valence-electron chi connectivity index (χ1n) is 7.38. The number of aryl methyl sites for hydroxylation is 1. The summed E-state index contributed by atoms with van der Waals surface area (Å²) in [6, 6.07) is 13.7. The fourth-order valence-corrected chi connectivity index (χ4v) is 2.16. The number of carbonyl (C=O) groups is 1. The molecule has 0 amide bonds. The predicted molar refractivity (Wildman–Crippen MR) is 86.3 cm³/mol. The van der Waals surface area contributed by atoms with E-state index in [2.05, 4.69) is 5.32 Å². The molecule has 2 aromatic carbocycles. The number of nitrogens with one attached hydrogen (secondary N) is 1. The number of phenolic OH excluding ortho intramolecular Hbond substituents is 2. The number of hydrogen-bond donors (Lipinski definition) is 3. The van der Waals surface area contributed by atoms with E-state index in [4.69, 9.17) is 0 Å². The molecule has 0 bridgehead atoms. The van der Waals surface area contributed by atoms with Crippen LogP contribution in [0.4, 0.5) is 0 Å². The summed E-state index contributed by atoms with van der Waals surface area (Å²) in [7, 11) is 0. The molecule has 2 rings (SSSR count). The Morgan fingerprint density at radius 3 is 2.14 bits per heavy atom. The second-order valence-electron chi connectivity index (χ2n) is 5.46. The SMILES string of the molecule is CC(CCc1ccc(O)cc1)NCC(=O)c1ccc(O)cc1. The lowest BCUT2D eigenvalue weighted by Gasteiger charge is -2.13. The van der Waals surface area contributed by atoms with Gasteiger partial charge in [0, 0.05) is 11.6 Å². The van der Waals surface area contributed by atoms with Gasteiger partial charge >= 0.3 is 0 Å². The van der Waals surface area contributed by atoms with E-state index in [1.54, 1.807) is 24.3 Å². The van der Waals surface area contributed by atoms with Crippen LogP contribution in [-0.2, 0) is 6.42 Å². The first kappa shape index (κ1) is 16.0. The van der Waals surface area contributed by atoms with Crippen molar-refractivity contribution in [2.45, 2.75) is 25.8 Å². The lowest BCUT2D eigenvalue weighted by Crippen LogP contribution is -2.31. The second kappa shape index (κ2) is 7.61. The molecule has 3 N–H and O–H groups in total. The molecular weight excluding hydrogens is 278 g/mol. The molecule has 0 aliphatic heterocycles. The number of benzene rings is 2. The maximum absolute atomic E-state index is 12.0. The fraction of sp³-hybridized carbons (Fsp3) is 0.278. The number of carbonyl (C=O) groups excluding carboxylic acids is 1. The number of hydrogen-bond acceptors (Lipinski definition) is 4. The van der Waals surface area contributed by atoms with Crippen molar-refractivity contribution in [3.63, 3.8) is 0 Å². The summed E-state index contributed by atoms with van der Waals surface area (Å²) in [5.41, 5.74) is 1.76. The molecule has 0 aliphatic carbocycles. The summed E-state index contributed by atoms with van der Waals surface area (Å²) >= 11 is 0. The first-order chi connectivity index (χ1) is 10.5. The molecule has 0 spiro atoms. The van der Waals surface area contributed by atoms with Crippen molar-refractivity contribution in [3.05, 3.63) is 59.7 Å². The third kappa shape index (κ3) is 4.90. The molecule has 0 aliphatic rings. The van der Waals surface area contributed by atoms with E-state index < -0.39 is 0 Å². The second-order valence-corrected chi connectivity index (χ2v) is 5.46. The molecule has 1 unspecified atom stereocenters. The highest BCUT2D eigenvalue weighted by molar-refractivity contribution is 5.97. The van der Waals surface area contributed by atoms with Gasteiger partial charge in [0.05, 0.1) is 6.54 Å². The van der Waals surface area contributed by atoms with Crippen LogP contribution in [-0.4, -0.2) is 28.6 Å². The van der Waals surface area contributed by atoms with E-state index in [9.17, 15) is 15.0 Å². The van der Waals surface area contributed by atoms with Gasteiger partial charge in [-0.1, -0.05) is 12.1 Å². The van der Waals surface area contributed by atoms with Gasteiger partial charge in [0.2, 0.25) is 0 Å². The molecule has 0 saturated carbocycles. The molecule has 0 fully saturated rings. The van der Waals surface area contributed by atoms with Gasteiger partial charge in [0.15, 0.2) is 5.78 Å². The van der Waals surface area contributed by atoms with Gasteiger partial charge < -0.3 is 15.5 Å². The van der Waals surface area contributed by atoms with Gasteiger partial charge in [0.25, 0.3) is 0 Å². The minimum Gasteiger partial charge on any atom is -0.508 e. The summed E-state index contributed by atoms with van der Waals surface area (Å²) in [5.74, 6) is 0.442. The Labute approximate surface area is 130 Å². The lowest BCUT2D eigenvalue weighted by molar-refractivity contribution is 0.0987. The van der Waals surface area contributed by atoms with Crippen LogP contribution in [0.25, 0.3) is 0 Å². The lowest BCUT2D eigenvalue weighted by atomic mass is 10.1. The summed E-state index contributed by atoms with van der Waals surface area (Å²) in [6.07, 6.45) is 1.80. The molecule has 4 heteroatoms. The standard InChI is InChI=1S/C18H21NO3/c1-13(2-3-14-4-8-16(20)9-5-14)19-12-18(22)15-6-10-17(21)11-7-15/h4-11,13,19-21H,2-3,12H2,1H3. The minimum absolute atomic E-state index is 0.0106. The zero-order chi connectivity index (χ0) is 15.9. The minimum atomic E-state index is 0.0106. The highest BCUT2D eigenvalue weighted by Crippen LogP contribution is 2.12. The molecule has 0 heterocycles. The zero-order valence-corrected chi connectivity index (χ0v) is 12.6. The number of ketones is 1. The van der Waals surface area contributed by atoms with E-state index in [1.807, 2.05) is 19.1 Å². The number of aromatic hydroxyl groups is 2. The van der Waals surface area contributed by atoms with Gasteiger partial charge in [0.1, 0.15) is 11.5 Å². The Morgan fingerprint density at radius 2 is 1.55 bits per heavy atom. The number of rotatable bonds is 7. The van der Waals surface area contributed by atoms with Crippen LogP contribution in [0.5, 0.6) is 11.5 Å². The summed E-state index contributed by atoms with van der Waals surface area (Å²) in [4.78, 5) is 12.0. The van der Waals surface area contributed by atoms with Crippen LogP contribution in [0.1, 0.15) is 29.3 Å². The maximum atomic E-state index is 12.0. The normalized spacial score (nSPS) is 12.0. The average Bonchev–Trinajstić information content (AvgIpc) is 2.52. The molecule has 22 heavy (non-hydrogen) atoms. The average molecular weight is 299 g/mol. The summed E-state index contributed by atoms with van der Waals surface area (Å²) < 4.78 is 0. The van der Waals surface area contributed by atoms with Crippen LogP contribution in [0.2, 0.25) is 0 Å². The Balaban J connectivity index is 1.75. The largest absolute Gasteiger partial charge is 0.508 e. The summed E-state index contributed by atoms with van der Waals surface area (Å²) in [6.45, 7) is 2.33. The van der Waals surface area contributed by atoms with Crippen LogP contribution in [0.15, 0.2) is 48.5 Å². The van der Waals surface area contributed by atoms with Crippen LogP contribution in [0, 0.1) is 0 Å². The smallest absolute Gasteiger partial charge is 0.176 e. The molecule has 116 valence electrons. The van der Waals surface area contributed by atoms with Gasteiger partial charge in [-0.3, -0.25) is 4.79 Å². The Bertz CT molecular complexity index is 605. The van der Waals surface area contributed by atoms with E-state index >= 15 is 0 Å². The van der Waals surface area contributed by atoms with Crippen LogP contribution >= 0.6 is 0 Å². The van der Waals surface area contributed by atoms with Crippen molar-refractivity contribution in [2.24, 2.45) is 0 Å². The Hall–Kier alpha value is -2.33.